The van der Waals surface area contributed by atoms with Crippen LogP contribution in [-0.4, -0.2) is 18.3 Å². The first kappa shape index (κ1) is 25.9. The quantitative estimate of drug-likeness (QED) is 0.199. The van der Waals surface area contributed by atoms with Gasteiger partial charge in [-0.05, 0) is 102 Å². The second-order valence-corrected chi connectivity index (χ2v) is 15.5. The smallest absolute Gasteiger partial charge is 0.399 e. The Morgan fingerprint density at radius 2 is 1.00 bits per heavy atom. The number of hydrogen-bond donors (Lipinski definition) is 0. The fraction of sp³-hybridized carbons (Fsp3) is 0.158. The Morgan fingerprint density at radius 1 is 0.500 bits per heavy atom. The van der Waals surface area contributed by atoms with Gasteiger partial charge in [0.1, 0.15) is 0 Å². The molecule has 1 fully saturated rings. The van der Waals surface area contributed by atoms with Gasteiger partial charge < -0.3 is 9.31 Å². The zero-order valence-corrected chi connectivity index (χ0v) is 25.2. The number of rotatable bonds is 3. The first-order valence-electron chi connectivity index (χ1n) is 14.7. The Kier molecular flexibility index (Phi) is 5.59. The van der Waals surface area contributed by atoms with Crippen LogP contribution in [0.1, 0.15) is 27.7 Å². The number of benzene rings is 6. The molecule has 0 N–H and O–H groups in total. The molecule has 0 radical (unpaired) electrons. The summed E-state index contributed by atoms with van der Waals surface area (Å²) < 4.78 is 13.3. The summed E-state index contributed by atoms with van der Waals surface area (Å²) in [5.74, 6) is 0. The second kappa shape index (κ2) is 9.09. The number of hydrogen-bond acceptors (Lipinski definition) is 2. The average molecular weight is 565 g/mol. The van der Waals surface area contributed by atoms with E-state index in [-0.39, 0.29) is 0 Å². The summed E-state index contributed by atoms with van der Waals surface area (Å²) in [5.41, 5.74) is 2.80. The Morgan fingerprint density at radius 3 is 1.60 bits per heavy atom. The summed E-state index contributed by atoms with van der Waals surface area (Å²) in [6, 6.07) is 47.3. The third-order valence-corrected chi connectivity index (χ3v) is 13.5. The third-order valence-electron chi connectivity index (χ3n) is 9.53. The molecule has 8 rings (SSSR count). The van der Waals surface area contributed by atoms with Crippen LogP contribution in [0.5, 0.6) is 0 Å². The maximum atomic E-state index is 6.67. The molecule has 4 heteroatoms. The minimum atomic E-state index is -1.84. The molecule has 2 heterocycles. The van der Waals surface area contributed by atoms with Gasteiger partial charge in [0.25, 0.3) is 0 Å². The van der Waals surface area contributed by atoms with Crippen molar-refractivity contribution in [1.29, 1.82) is 0 Å². The highest BCUT2D eigenvalue weighted by Gasteiger charge is 2.54. The highest BCUT2D eigenvalue weighted by atomic mass is 32.3. The normalized spacial score (nSPS) is 18.6. The summed E-state index contributed by atoms with van der Waals surface area (Å²) in [6.07, 6.45) is 0. The zero-order valence-electron chi connectivity index (χ0n) is 24.4. The molecule has 0 saturated carbocycles. The molecular weight excluding hydrogens is 531 g/mol. The number of fused-ring (bicyclic) bond motifs is 5. The van der Waals surface area contributed by atoms with Gasteiger partial charge in [-0.15, -0.1) is 10.0 Å². The summed E-state index contributed by atoms with van der Waals surface area (Å²) in [6.45, 7) is 8.52. The Labute approximate surface area is 249 Å². The van der Waals surface area contributed by atoms with E-state index in [4.69, 9.17) is 9.31 Å². The maximum absolute atomic E-state index is 6.67. The zero-order chi connectivity index (χ0) is 28.7. The largest absolute Gasteiger partial charge is 0.495 e. The molecule has 1 saturated heterocycles. The summed E-state index contributed by atoms with van der Waals surface area (Å²) in [5, 5.41) is 5.03. The van der Waals surface area contributed by atoms with Gasteiger partial charge in [-0.3, -0.25) is 0 Å². The van der Waals surface area contributed by atoms with Crippen LogP contribution in [-0.2, 0) is 9.31 Å². The van der Waals surface area contributed by atoms with Gasteiger partial charge in [-0.25, -0.2) is 0 Å². The molecule has 2 nitrogen and oxygen atoms in total. The van der Waals surface area contributed by atoms with E-state index in [0.29, 0.717) is 0 Å². The fourth-order valence-electron chi connectivity index (χ4n) is 6.68. The van der Waals surface area contributed by atoms with Gasteiger partial charge in [0.2, 0.25) is 0 Å². The Hall–Kier alpha value is -3.83. The SMILES string of the molecule is CC1(C)OB(c2cccc3c2-c2ccccc2S3(c2ccc3ccccc3c2)c2ccc3ccccc3c2)OC1(C)C. The lowest BCUT2D eigenvalue weighted by Crippen LogP contribution is -2.41. The van der Waals surface area contributed by atoms with Crippen molar-refractivity contribution in [2.24, 2.45) is 0 Å². The van der Waals surface area contributed by atoms with Gasteiger partial charge in [0, 0.05) is 19.6 Å². The van der Waals surface area contributed by atoms with E-state index in [9.17, 15) is 0 Å². The highest BCUT2D eigenvalue weighted by Crippen LogP contribution is 2.80. The molecule has 6 aromatic carbocycles. The Bertz CT molecular complexity index is 1930. The van der Waals surface area contributed by atoms with E-state index in [0.717, 1.165) is 5.46 Å². The van der Waals surface area contributed by atoms with E-state index in [1.165, 1.54) is 52.3 Å². The first-order chi connectivity index (χ1) is 20.3. The lowest BCUT2D eigenvalue weighted by atomic mass is 9.74. The highest BCUT2D eigenvalue weighted by molar-refractivity contribution is 8.34. The minimum Gasteiger partial charge on any atom is -0.399 e. The summed E-state index contributed by atoms with van der Waals surface area (Å²) >= 11 is 0. The van der Waals surface area contributed by atoms with Crippen molar-refractivity contribution in [2.75, 3.05) is 0 Å². The lowest BCUT2D eigenvalue weighted by Gasteiger charge is -2.39. The van der Waals surface area contributed by atoms with Crippen LogP contribution in [0.4, 0.5) is 0 Å². The first-order valence-corrected chi connectivity index (χ1v) is 16.3. The van der Waals surface area contributed by atoms with Gasteiger partial charge in [-0.2, -0.15) is 0 Å². The molecule has 0 amide bonds. The summed E-state index contributed by atoms with van der Waals surface area (Å²) in [4.78, 5) is 5.40. The predicted octanol–water partition coefficient (Wildman–Crippen LogP) is 9.61. The molecule has 2 aliphatic rings. The van der Waals surface area contributed by atoms with Crippen LogP contribution < -0.4 is 5.46 Å². The molecule has 0 aliphatic carbocycles. The molecule has 2 aliphatic heterocycles. The predicted molar refractivity (Wildman–Crippen MR) is 176 cm³/mol. The molecule has 6 aromatic rings. The van der Waals surface area contributed by atoms with Crippen LogP contribution in [0.25, 0.3) is 32.7 Å². The van der Waals surface area contributed by atoms with Gasteiger partial charge in [0.15, 0.2) is 0 Å². The second-order valence-electron chi connectivity index (χ2n) is 12.4. The van der Waals surface area contributed by atoms with Crippen molar-refractivity contribution in [3.63, 3.8) is 0 Å². The van der Waals surface area contributed by atoms with E-state index >= 15 is 0 Å². The van der Waals surface area contributed by atoms with Crippen molar-refractivity contribution in [1.82, 2.24) is 0 Å². The molecule has 206 valence electrons. The maximum Gasteiger partial charge on any atom is 0.495 e. The minimum absolute atomic E-state index is 0.418. The van der Waals surface area contributed by atoms with Crippen LogP contribution in [0.2, 0.25) is 0 Å². The van der Waals surface area contributed by atoms with E-state index in [2.05, 4.69) is 155 Å². The van der Waals surface area contributed by atoms with Crippen molar-refractivity contribution < 1.29 is 9.31 Å². The standard InChI is InChI=1S/C38H33BO2S/c1-37(2)38(3,4)41-39(40-37)33-17-11-19-35-36(33)32-16-9-10-18-34(32)42(35,30-22-20-26-12-5-7-14-28(26)24-30)31-23-21-27-13-6-8-15-29(27)25-31/h5-25H,1-4H3. The topological polar surface area (TPSA) is 18.5 Å². The lowest BCUT2D eigenvalue weighted by molar-refractivity contribution is 0.00578. The molecule has 0 unspecified atom stereocenters. The van der Waals surface area contributed by atoms with Gasteiger partial charge in [0.05, 0.1) is 11.2 Å². The van der Waals surface area contributed by atoms with Crippen LogP contribution >= 0.6 is 10.0 Å². The van der Waals surface area contributed by atoms with E-state index < -0.39 is 28.3 Å². The van der Waals surface area contributed by atoms with Crippen molar-refractivity contribution in [3.8, 4) is 11.1 Å². The van der Waals surface area contributed by atoms with Crippen LogP contribution in [0.15, 0.2) is 147 Å². The molecule has 0 aromatic heterocycles. The Balaban J connectivity index is 1.47. The molecule has 42 heavy (non-hydrogen) atoms. The summed E-state index contributed by atoms with van der Waals surface area (Å²) in [7, 11) is -2.28. The van der Waals surface area contributed by atoms with Crippen molar-refractivity contribution in [2.45, 2.75) is 58.5 Å². The molecule has 0 spiro atoms. The van der Waals surface area contributed by atoms with E-state index in [1.54, 1.807) is 0 Å². The van der Waals surface area contributed by atoms with Crippen LogP contribution in [0, 0.1) is 0 Å². The molecular formula is C38H33BO2S. The van der Waals surface area contributed by atoms with E-state index in [1.807, 2.05) is 0 Å². The van der Waals surface area contributed by atoms with Crippen molar-refractivity contribution >= 4 is 44.2 Å². The van der Waals surface area contributed by atoms with Crippen molar-refractivity contribution in [3.05, 3.63) is 127 Å². The molecule has 0 bridgehead atoms. The van der Waals surface area contributed by atoms with Gasteiger partial charge in [-0.1, -0.05) is 91.0 Å². The average Bonchev–Trinajstić information content (AvgIpc) is 3.43. The van der Waals surface area contributed by atoms with Gasteiger partial charge >= 0.3 is 7.12 Å². The molecule has 0 atom stereocenters. The van der Waals surface area contributed by atoms with Crippen LogP contribution in [0.3, 0.4) is 0 Å². The third kappa shape index (κ3) is 3.56. The fourth-order valence-corrected chi connectivity index (χ4v) is 11.0. The monoisotopic (exact) mass is 564 g/mol.